The van der Waals surface area contributed by atoms with Crippen LogP contribution in [0.5, 0.6) is 0 Å². The molecule has 1 aromatic carbocycles. The van der Waals surface area contributed by atoms with Gasteiger partial charge in [0.15, 0.2) is 0 Å². The van der Waals surface area contributed by atoms with Crippen LogP contribution in [0.15, 0.2) is 18.2 Å². The first-order chi connectivity index (χ1) is 7.38. The fraction of sp³-hybridized carbons (Fsp3) is 0.500. The van der Waals surface area contributed by atoms with Crippen molar-refractivity contribution < 1.29 is 14.2 Å². The third-order valence-electron chi connectivity index (χ3n) is 2.81. The largest absolute Gasteiger partial charge is 0.387 e. The van der Waals surface area contributed by atoms with Gasteiger partial charge in [0.25, 0.3) is 0 Å². The van der Waals surface area contributed by atoms with Crippen LogP contribution in [-0.2, 0) is 11.2 Å². The normalized spacial score (nSPS) is 16.9. The van der Waals surface area contributed by atoms with E-state index in [0.717, 1.165) is 0 Å². The van der Waals surface area contributed by atoms with Crippen molar-refractivity contribution in [2.75, 3.05) is 7.11 Å². The van der Waals surface area contributed by atoms with Gasteiger partial charge >= 0.3 is 0 Å². The Bertz CT molecular complexity index is 366. The minimum Gasteiger partial charge on any atom is -0.387 e. The molecule has 0 fully saturated rings. The molecule has 0 spiro atoms. The molecular formula is C12H16ClFO2. The zero-order valence-corrected chi connectivity index (χ0v) is 10.4. The van der Waals surface area contributed by atoms with Crippen molar-refractivity contribution in [2.45, 2.75) is 32.0 Å². The van der Waals surface area contributed by atoms with Crippen LogP contribution in [0.1, 0.15) is 19.4 Å². The molecule has 90 valence electrons. The van der Waals surface area contributed by atoms with Gasteiger partial charge in [0.2, 0.25) is 0 Å². The van der Waals surface area contributed by atoms with E-state index in [0.29, 0.717) is 5.56 Å². The zero-order chi connectivity index (χ0) is 12.3. The van der Waals surface area contributed by atoms with Crippen LogP contribution in [0.4, 0.5) is 4.39 Å². The van der Waals surface area contributed by atoms with E-state index in [9.17, 15) is 9.50 Å². The van der Waals surface area contributed by atoms with Crippen molar-refractivity contribution >= 4 is 11.6 Å². The molecule has 0 radical (unpaired) electrons. The van der Waals surface area contributed by atoms with Gasteiger partial charge in [0.05, 0.1) is 16.7 Å². The van der Waals surface area contributed by atoms with Crippen molar-refractivity contribution in [3.8, 4) is 0 Å². The molecular weight excluding hydrogens is 231 g/mol. The first-order valence-corrected chi connectivity index (χ1v) is 5.44. The van der Waals surface area contributed by atoms with E-state index in [1.807, 2.05) is 0 Å². The molecule has 2 unspecified atom stereocenters. The number of methoxy groups -OCH3 is 1. The number of hydrogen-bond donors (Lipinski definition) is 1. The highest BCUT2D eigenvalue weighted by Gasteiger charge is 2.29. The molecule has 16 heavy (non-hydrogen) atoms. The fourth-order valence-electron chi connectivity index (χ4n) is 1.47. The van der Waals surface area contributed by atoms with Crippen LogP contribution in [0.2, 0.25) is 5.02 Å². The first kappa shape index (κ1) is 13.4. The van der Waals surface area contributed by atoms with Crippen LogP contribution < -0.4 is 0 Å². The standard InChI is InChI=1S/C12H16ClFO2/c1-8(16-3)12(2,15)7-9-5-4-6-10(13)11(9)14/h4-6,8,15H,7H2,1-3H3. The number of halogens is 2. The molecule has 0 bridgehead atoms. The zero-order valence-electron chi connectivity index (χ0n) is 9.63. The Morgan fingerprint density at radius 1 is 1.56 bits per heavy atom. The lowest BCUT2D eigenvalue weighted by Crippen LogP contribution is -2.40. The second-order valence-corrected chi connectivity index (χ2v) is 4.53. The highest BCUT2D eigenvalue weighted by atomic mass is 35.5. The van der Waals surface area contributed by atoms with Gasteiger partial charge in [-0.1, -0.05) is 23.7 Å². The van der Waals surface area contributed by atoms with E-state index in [2.05, 4.69) is 0 Å². The Hall–Kier alpha value is -0.640. The summed E-state index contributed by atoms with van der Waals surface area (Å²) in [6, 6.07) is 4.75. The average molecular weight is 247 g/mol. The van der Waals surface area contributed by atoms with Crippen LogP contribution >= 0.6 is 11.6 Å². The molecule has 0 heterocycles. The summed E-state index contributed by atoms with van der Waals surface area (Å²) in [7, 11) is 1.51. The van der Waals surface area contributed by atoms with Crippen LogP contribution in [0.3, 0.4) is 0 Å². The predicted octanol–water partition coefficient (Wildman–Crippen LogP) is 2.81. The summed E-state index contributed by atoms with van der Waals surface area (Å²) in [6.45, 7) is 3.35. The maximum absolute atomic E-state index is 13.6. The predicted molar refractivity (Wildman–Crippen MR) is 62.2 cm³/mol. The smallest absolute Gasteiger partial charge is 0.145 e. The van der Waals surface area contributed by atoms with E-state index < -0.39 is 11.4 Å². The molecule has 1 aromatic rings. The minimum atomic E-state index is -1.12. The Balaban J connectivity index is 2.92. The maximum atomic E-state index is 13.6. The van der Waals surface area contributed by atoms with E-state index in [1.54, 1.807) is 26.0 Å². The maximum Gasteiger partial charge on any atom is 0.145 e. The highest BCUT2D eigenvalue weighted by molar-refractivity contribution is 6.30. The lowest BCUT2D eigenvalue weighted by Gasteiger charge is -2.29. The Morgan fingerprint density at radius 3 is 2.75 bits per heavy atom. The van der Waals surface area contributed by atoms with Crippen molar-refractivity contribution in [1.82, 2.24) is 0 Å². The lowest BCUT2D eigenvalue weighted by atomic mass is 9.91. The summed E-state index contributed by atoms with van der Waals surface area (Å²) in [5, 5.41) is 10.2. The molecule has 4 heteroatoms. The average Bonchev–Trinajstić information content (AvgIpc) is 2.23. The highest BCUT2D eigenvalue weighted by Crippen LogP contribution is 2.24. The van der Waals surface area contributed by atoms with Gasteiger partial charge in [-0.2, -0.15) is 0 Å². The monoisotopic (exact) mass is 246 g/mol. The molecule has 0 aliphatic carbocycles. The van der Waals surface area contributed by atoms with E-state index in [-0.39, 0.29) is 17.5 Å². The van der Waals surface area contributed by atoms with Gasteiger partial charge in [0.1, 0.15) is 5.82 Å². The summed E-state index contributed by atoms with van der Waals surface area (Å²) < 4.78 is 18.7. The van der Waals surface area contributed by atoms with Crippen molar-refractivity contribution in [2.24, 2.45) is 0 Å². The Kier molecular flexibility index (Phi) is 4.30. The van der Waals surface area contributed by atoms with Crippen LogP contribution in [0, 0.1) is 5.82 Å². The van der Waals surface area contributed by atoms with E-state index in [4.69, 9.17) is 16.3 Å². The van der Waals surface area contributed by atoms with Crippen LogP contribution in [0.25, 0.3) is 0 Å². The van der Waals surface area contributed by atoms with Crippen molar-refractivity contribution in [1.29, 1.82) is 0 Å². The number of rotatable bonds is 4. The van der Waals surface area contributed by atoms with Gasteiger partial charge in [-0.25, -0.2) is 4.39 Å². The quantitative estimate of drug-likeness (QED) is 0.885. The summed E-state index contributed by atoms with van der Waals surface area (Å²) in [5.41, 5.74) is -0.735. The van der Waals surface area contributed by atoms with Gasteiger partial charge in [0, 0.05) is 13.5 Å². The van der Waals surface area contributed by atoms with Crippen molar-refractivity contribution in [3.05, 3.63) is 34.6 Å². The second kappa shape index (κ2) is 5.13. The SMILES string of the molecule is COC(C)C(C)(O)Cc1cccc(Cl)c1F. The summed E-state index contributed by atoms with van der Waals surface area (Å²) in [5.74, 6) is -0.479. The van der Waals surface area contributed by atoms with Gasteiger partial charge < -0.3 is 9.84 Å². The Morgan fingerprint density at radius 2 is 2.19 bits per heavy atom. The lowest BCUT2D eigenvalue weighted by molar-refractivity contribution is -0.0719. The van der Waals surface area contributed by atoms with E-state index >= 15 is 0 Å². The van der Waals surface area contributed by atoms with Gasteiger partial charge in [-0.3, -0.25) is 0 Å². The second-order valence-electron chi connectivity index (χ2n) is 4.12. The number of benzene rings is 1. The topological polar surface area (TPSA) is 29.5 Å². The molecule has 0 aliphatic heterocycles. The summed E-state index contributed by atoms with van der Waals surface area (Å²) in [4.78, 5) is 0. The molecule has 0 saturated carbocycles. The molecule has 0 amide bonds. The minimum absolute atomic E-state index is 0.0679. The molecule has 2 atom stereocenters. The third-order valence-corrected chi connectivity index (χ3v) is 3.10. The molecule has 0 aromatic heterocycles. The number of aliphatic hydroxyl groups is 1. The molecule has 0 aliphatic rings. The molecule has 1 rings (SSSR count). The fourth-order valence-corrected chi connectivity index (χ4v) is 1.66. The first-order valence-electron chi connectivity index (χ1n) is 5.06. The third kappa shape index (κ3) is 2.94. The number of hydrogen-bond acceptors (Lipinski definition) is 2. The summed E-state index contributed by atoms with van der Waals surface area (Å²) >= 11 is 5.67. The Labute approximate surface area is 100.0 Å². The van der Waals surface area contributed by atoms with Gasteiger partial charge in [-0.15, -0.1) is 0 Å². The van der Waals surface area contributed by atoms with Crippen LogP contribution in [-0.4, -0.2) is 23.9 Å². The molecule has 1 N–H and O–H groups in total. The van der Waals surface area contributed by atoms with Crippen molar-refractivity contribution in [3.63, 3.8) is 0 Å². The van der Waals surface area contributed by atoms with Gasteiger partial charge in [-0.05, 0) is 25.5 Å². The van der Waals surface area contributed by atoms with E-state index in [1.165, 1.54) is 13.2 Å². The molecule has 2 nitrogen and oxygen atoms in total. The summed E-state index contributed by atoms with van der Waals surface area (Å²) in [6.07, 6.45) is -0.222. The number of ether oxygens (including phenoxy) is 1. The molecule has 0 saturated heterocycles.